The van der Waals surface area contributed by atoms with Crippen molar-refractivity contribution < 1.29 is 4.74 Å². The standard InChI is InChI=1S/C15H30N4OS/c1-16-14(17-11-13-5-4-10-21-13)18-12-15(19(2)3)6-8-20-9-7-15/h13H,4-12H2,1-3H3,(H2,16,17,18). The lowest BCUT2D eigenvalue weighted by Crippen LogP contribution is -2.57. The number of thioether (sulfide) groups is 1. The lowest BCUT2D eigenvalue weighted by Gasteiger charge is -2.43. The maximum atomic E-state index is 5.52. The zero-order chi connectivity index (χ0) is 15.1. The van der Waals surface area contributed by atoms with E-state index < -0.39 is 0 Å². The number of guanidine groups is 1. The first-order chi connectivity index (χ1) is 10.2. The van der Waals surface area contributed by atoms with Crippen LogP contribution < -0.4 is 10.6 Å². The Morgan fingerprint density at radius 1 is 1.33 bits per heavy atom. The van der Waals surface area contributed by atoms with E-state index in [1.54, 1.807) is 0 Å². The molecule has 0 radical (unpaired) electrons. The number of hydrogen-bond donors (Lipinski definition) is 2. The summed E-state index contributed by atoms with van der Waals surface area (Å²) in [5, 5.41) is 7.74. The van der Waals surface area contributed by atoms with Gasteiger partial charge in [-0.1, -0.05) is 0 Å². The number of nitrogens with one attached hydrogen (secondary N) is 2. The molecule has 21 heavy (non-hydrogen) atoms. The Kier molecular flexibility index (Phi) is 6.64. The fraction of sp³-hybridized carbons (Fsp3) is 0.933. The quantitative estimate of drug-likeness (QED) is 0.589. The maximum absolute atomic E-state index is 5.52. The first-order valence-corrected chi connectivity index (χ1v) is 9.02. The molecular weight excluding hydrogens is 284 g/mol. The summed E-state index contributed by atoms with van der Waals surface area (Å²) in [7, 11) is 6.18. The number of aliphatic imine (C=N–C) groups is 1. The first-order valence-electron chi connectivity index (χ1n) is 7.97. The Labute approximate surface area is 133 Å². The summed E-state index contributed by atoms with van der Waals surface area (Å²) < 4.78 is 5.52. The van der Waals surface area contributed by atoms with Crippen molar-refractivity contribution in [1.29, 1.82) is 0 Å². The Morgan fingerprint density at radius 2 is 2.10 bits per heavy atom. The van der Waals surface area contributed by atoms with Crippen molar-refractivity contribution in [3.63, 3.8) is 0 Å². The molecule has 122 valence electrons. The molecule has 1 unspecified atom stereocenters. The maximum Gasteiger partial charge on any atom is 0.191 e. The molecule has 0 saturated carbocycles. The SMILES string of the molecule is CN=C(NCC1CCCS1)NCC1(N(C)C)CCOCC1. The molecule has 0 aliphatic carbocycles. The van der Waals surface area contributed by atoms with Crippen LogP contribution in [0.1, 0.15) is 25.7 Å². The molecule has 2 saturated heterocycles. The molecule has 0 aromatic rings. The Bertz CT molecular complexity index is 337. The molecule has 2 heterocycles. The van der Waals surface area contributed by atoms with E-state index >= 15 is 0 Å². The topological polar surface area (TPSA) is 48.9 Å². The zero-order valence-corrected chi connectivity index (χ0v) is 14.5. The first kappa shape index (κ1) is 16.9. The molecule has 1 atom stereocenters. The van der Waals surface area contributed by atoms with Crippen LogP contribution >= 0.6 is 11.8 Å². The average molecular weight is 314 g/mol. The highest BCUT2D eigenvalue weighted by molar-refractivity contribution is 8.00. The van der Waals surface area contributed by atoms with Gasteiger partial charge in [0.05, 0.1) is 0 Å². The third-order valence-corrected chi connectivity index (χ3v) is 6.10. The van der Waals surface area contributed by atoms with Gasteiger partial charge in [-0.15, -0.1) is 0 Å². The van der Waals surface area contributed by atoms with Crippen LogP contribution in [0.15, 0.2) is 4.99 Å². The molecule has 0 aromatic heterocycles. The number of hydrogen-bond acceptors (Lipinski definition) is 4. The molecule has 2 fully saturated rings. The minimum Gasteiger partial charge on any atom is -0.381 e. The van der Waals surface area contributed by atoms with Crippen molar-refractivity contribution >= 4 is 17.7 Å². The van der Waals surface area contributed by atoms with Crippen LogP contribution in [-0.4, -0.2) is 74.8 Å². The molecule has 0 spiro atoms. The second kappa shape index (κ2) is 8.25. The highest BCUT2D eigenvalue weighted by Gasteiger charge is 2.34. The summed E-state index contributed by atoms with van der Waals surface area (Å²) in [4.78, 5) is 6.70. The zero-order valence-electron chi connectivity index (χ0n) is 13.7. The van der Waals surface area contributed by atoms with Gasteiger partial charge in [-0.3, -0.25) is 4.99 Å². The second-order valence-electron chi connectivity index (χ2n) is 6.17. The van der Waals surface area contributed by atoms with Gasteiger partial charge in [-0.2, -0.15) is 11.8 Å². The van der Waals surface area contributed by atoms with E-state index in [0.29, 0.717) is 0 Å². The minimum absolute atomic E-state index is 0.179. The molecule has 6 heteroatoms. The smallest absolute Gasteiger partial charge is 0.191 e. The van der Waals surface area contributed by atoms with E-state index in [-0.39, 0.29) is 5.54 Å². The van der Waals surface area contributed by atoms with Crippen molar-refractivity contribution in [3.05, 3.63) is 0 Å². The number of likely N-dealkylation sites (N-methyl/N-ethyl adjacent to an activating group) is 1. The van der Waals surface area contributed by atoms with Gasteiger partial charge in [-0.05, 0) is 45.5 Å². The number of rotatable bonds is 5. The van der Waals surface area contributed by atoms with Crippen LogP contribution in [0.25, 0.3) is 0 Å². The molecule has 2 N–H and O–H groups in total. The summed E-state index contributed by atoms with van der Waals surface area (Å²) >= 11 is 2.08. The molecule has 2 aliphatic rings. The highest BCUT2D eigenvalue weighted by atomic mass is 32.2. The van der Waals surface area contributed by atoms with Gasteiger partial charge < -0.3 is 20.3 Å². The Morgan fingerprint density at radius 3 is 2.67 bits per heavy atom. The normalized spacial score (nSPS) is 26.1. The molecule has 2 rings (SSSR count). The third-order valence-electron chi connectivity index (χ3n) is 4.70. The van der Waals surface area contributed by atoms with Crippen LogP contribution in [0.2, 0.25) is 0 Å². The van der Waals surface area contributed by atoms with E-state index in [1.165, 1.54) is 18.6 Å². The summed E-state index contributed by atoms with van der Waals surface area (Å²) in [6, 6.07) is 0. The third kappa shape index (κ3) is 4.76. The number of ether oxygens (including phenoxy) is 1. The Hall–Kier alpha value is -0.460. The molecular formula is C15H30N4OS. The fourth-order valence-corrected chi connectivity index (χ4v) is 4.22. The van der Waals surface area contributed by atoms with Crippen molar-refractivity contribution in [3.8, 4) is 0 Å². The number of nitrogens with zero attached hydrogens (tertiary/aromatic N) is 2. The van der Waals surface area contributed by atoms with E-state index in [4.69, 9.17) is 4.74 Å². The van der Waals surface area contributed by atoms with Crippen molar-refractivity contribution in [2.24, 2.45) is 4.99 Å². The predicted molar refractivity (Wildman–Crippen MR) is 91.3 cm³/mol. The highest BCUT2D eigenvalue weighted by Crippen LogP contribution is 2.26. The van der Waals surface area contributed by atoms with Crippen LogP contribution in [0.3, 0.4) is 0 Å². The van der Waals surface area contributed by atoms with Gasteiger partial charge >= 0.3 is 0 Å². The van der Waals surface area contributed by atoms with E-state index in [2.05, 4.69) is 46.4 Å². The van der Waals surface area contributed by atoms with E-state index in [0.717, 1.165) is 50.4 Å². The van der Waals surface area contributed by atoms with Crippen LogP contribution in [-0.2, 0) is 4.74 Å². The van der Waals surface area contributed by atoms with Crippen LogP contribution in [0.5, 0.6) is 0 Å². The molecule has 0 bridgehead atoms. The van der Waals surface area contributed by atoms with Crippen molar-refractivity contribution in [2.75, 3.05) is 53.2 Å². The molecule has 0 aromatic carbocycles. The van der Waals surface area contributed by atoms with Gasteiger partial charge in [0.1, 0.15) is 0 Å². The van der Waals surface area contributed by atoms with Crippen molar-refractivity contribution in [2.45, 2.75) is 36.5 Å². The lowest BCUT2D eigenvalue weighted by molar-refractivity contribution is -0.00500. The summed E-state index contributed by atoms with van der Waals surface area (Å²) in [5.41, 5.74) is 0.179. The van der Waals surface area contributed by atoms with E-state index in [1.807, 2.05) is 7.05 Å². The fourth-order valence-electron chi connectivity index (χ4n) is 3.02. The summed E-state index contributed by atoms with van der Waals surface area (Å²) in [6.07, 6.45) is 4.82. The van der Waals surface area contributed by atoms with E-state index in [9.17, 15) is 0 Å². The van der Waals surface area contributed by atoms with Crippen LogP contribution in [0, 0.1) is 0 Å². The summed E-state index contributed by atoms with van der Waals surface area (Å²) in [5.74, 6) is 2.23. The average Bonchev–Trinajstić information content (AvgIpc) is 3.01. The van der Waals surface area contributed by atoms with Gasteiger partial charge in [0.2, 0.25) is 0 Å². The minimum atomic E-state index is 0.179. The molecule has 2 aliphatic heterocycles. The van der Waals surface area contributed by atoms with Gasteiger partial charge in [0.25, 0.3) is 0 Å². The molecule has 0 amide bonds. The second-order valence-corrected chi connectivity index (χ2v) is 7.58. The monoisotopic (exact) mass is 314 g/mol. The van der Waals surface area contributed by atoms with Gasteiger partial charge in [0, 0.05) is 44.1 Å². The lowest BCUT2D eigenvalue weighted by atomic mass is 9.88. The van der Waals surface area contributed by atoms with Gasteiger partial charge in [-0.25, -0.2) is 0 Å². The predicted octanol–water partition coefficient (Wildman–Crippen LogP) is 1.16. The largest absolute Gasteiger partial charge is 0.381 e. The van der Waals surface area contributed by atoms with Crippen molar-refractivity contribution in [1.82, 2.24) is 15.5 Å². The van der Waals surface area contributed by atoms with Crippen LogP contribution in [0.4, 0.5) is 0 Å². The Balaban J connectivity index is 1.80. The summed E-state index contributed by atoms with van der Waals surface area (Å²) in [6.45, 7) is 3.64. The molecule has 5 nitrogen and oxygen atoms in total. The van der Waals surface area contributed by atoms with Gasteiger partial charge in [0.15, 0.2) is 5.96 Å².